The van der Waals surface area contributed by atoms with Gasteiger partial charge in [-0.1, -0.05) is 6.92 Å². The van der Waals surface area contributed by atoms with Crippen LogP contribution in [-0.2, 0) is 4.74 Å². The number of thioether (sulfide) groups is 1. The van der Waals surface area contributed by atoms with Crippen molar-refractivity contribution in [3.05, 3.63) is 17.8 Å². The topological polar surface area (TPSA) is 77.2 Å². The van der Waals surface area contributed by atoms with E-state index in [1.807, 2.05) is 11.8 Å². The number of rotatable bonds is 6. The molecule has 1 heterocycles. The van der Waals surface area contributed by atoms with Gasteiger partial charge in [0, 0.05) is 11.3 Å². The quantitative estimate of drug-likeness (QED) is 0.787. The Morgan fingerprint density at radius 2 is 2.33 bits per heavy atom. The monoisotopic (exact) mass is 309 g/mol. The van der Waals surface area contributed by atoms with Crippen LogP contribution in [0.25, 0.3) is 0 Å². The third-order valence-corrected chi connectivity index (χ3v) is 4.76. The van der Waals surface area contributed by atoms with Crippen molar-refractivity contribution in [3.63, 3.8) is 0 Å². The van der Waals surface area contributed by atoms with Gasteiger partial charge >= 0.3 is 5.97 Å². The highest BCUT2D eigenvalue weighted by atomic mass is 32.2. The van der Waals surface area contributed by atoms with Crippen LogP contribution in [0.5, 0.6) is 0 Å². The van der Waals surface area contributed by atoms with Gasteiger partial charge in [0.1, 0.15) is 11.4 Å². The Morgan fingerprint density at radius 3 is 3.05 bits per heavy atom. The summed E-state index contributed by atoms with van der Waals surface area (Å²) < 4.78 is 5.07. The molecule has 6 heteroatoms. The Hall–Kier alpha value is -1.43. The van der Waals surface area contributed by atoms with Crippen molar-refractivity contribution in [2.75, 3.05) is 23.4 Å². The number of aromatic nitrogens is 1. The molecule has 2 rings (SSSR count). The molecule has 2 atom stereocenters. The molecule has 0 amide bonds. The number of carbonyl (C=O) groups excluding carboxylic acids is 1. The molecule has 1 aliphatic carbocycles. The summed E-state index contributed by atoms with van der Waals surface area (Å²) in [7, 11) is 0. The van der Waals surface area contributed by atoms with E-state index < -0.39 is 0 Å². The summed E-state index contributed by atoms with van der Waals surface area (Å²) in [6.45, 7) is 4.31. The normalized spacial score (nSPS) is 21.2. The Bertz CT molecular complexity index is 496. The van der Waals surface area contributed by atoms with Crippen molar-refractivity contribution in [2.24, 2.45) is 0 Å². The minimum absolute atomic E-state index is 0.339. The van der Waals surface area contributed by atoms with Crippen molar-refractivity contribution in [1.29, 1.82) is 0 Å². The van der Waals surface area contributed by atoms with Crippen molar-refractivity contribution < 1.29 is 9.53 Å². The summed E-state index contributed by atoms with van der Waals surface area (Å²) in [6, 6.07) is 1.99. The number of nitrogens with two attached hydrogens (primary N) is 1. The third kappa shape index (κ3) is 4.27. The summed E-state index contributed by atoms with van der Waals surface area (Å²) in [5, 5.41) is 4.08. The fraction of sp³-hybridized carbons (Fsp3) is 0.600. The molecule has 0 spiro atoms. The van der Waals surface area contributed by atoms with Gasteiger partial charge < -0.3 is 15.8 Å². The molecule has 1 aliphatic rings. The molecule has 0 aliphatic heterocycles. The van der Waals surface area contributed by atoms with Crippen LogP contribution in [0.4, 0.5) is 11.5 Å². The van der Waals surface area contributed by atoms with E-state index in [1.54, 1.807) is 19.2 Å². The summed E-state index contributed by atoms with van der Waals surface area (Å²) in [5.41, 5.74) is 6.62. The first-order valence-corrected chi connectivity index (χ1v) is 8.49. The van der Waals surface area contributed by atoms with Gasteiger partial charge in [0.15, 0.2) is 0 Å². The lowest BCUT2D eigenvalue weighted by Crippen LogP contribution is -2.20. The number of anilines is 2. The van der Waals surface area contributed by atoms with Crippen LogP contribution in [-0.4, -0.2) is 34.6 Å². The zero-order valence-electron chi connectivity index (χ0n) is 12.6. The van der Waals surface area contributed by atoms with Crippen molar-refractivity contribution >= 4 is 29.2 Å². The number of hydrogen-bond donors (Lipinski definition) is 2. The lowest BCUT2D eigenvalue weighted by Gasteiger charge is -2.16. The number of nitrogen functional groups attached to an aromatic ring is 1. The lowest BCUT2D eigenvalue weighted by atomic mass is 10.2. The predicted molar refractivity (Wildman–Crippen MR) is 87.8 cm³/mol. The fourth-order valence-electron chi connectivity index (χ4n) is 2.61. The second-order valence-corrected chi connectivity index (χ2v) is 6.69. The van der Waals surface area contributed by atoms with Gasteiger partial charge in [-0.2, -0.15) is 11.8 Å². The zero-order valence-corrected chi connectivity index (χ0v) is 13.4. The van der Waals surface area contributed by atoms with E-state index in [0.717, 1.165) is 18.6 Å². The molecule has 0 radical (unpaired) electrons. The molecular weight excluding hydrogens is 286 g/mol. The van der Waals surface area contributed by atoms with Crippen LogP contribution >= 0.6 is 11.8 Å². The number of carbonyl (C=O) groups is 1. The first-order valence-electron chi connectivity index (χ1n) is 7.44. The minimum atomic E-state index is -0.378. The first-order chi connectivity index (χ1) is 10.1. The molecule has 0 aromatic carbocycles. The minimum Gasteiger partial charge on any atom is -0.462 e. The standard InChI is InChI=1S/C15H23N3O2S/c1-3-20-15(19)13-7-10(16)9-17-14(13)18-11-5-6-12(8-11)21-4-2/h7,9,11-12H,3-6,8,16H2,1-2H3,(H,17,18). The van der Waals surface area contributed by atoms with Gasteiger partial charge in [-0.15, -0.1) is 0 Å². The van der Waals surface area contributed by atoms with Crippen molar-refractivity contribution in [1.82, 2.24) is 4.98 Å². The number of hydrogen-bond acceptors (Lipinski definition) is 6. The summed E-state index contributed by atoms with van der Waals surface area (Å²) >= 11 is 2.00. The zero-order chi connectivity index (χ0) is 15.2. The summed E-state index contributed by atoms with van der Waals surface area (Å²) in [4.78, 5) is 16.3. The second kappa shape index (κ2) is 7.54. The van der Waals surface area contributed by atoms with Crippen LogP contribution < -0.4 is 11.1 Å². The molecule has 3 N–H and O–H groups in total. The first kappa shape index (κ1) is 15.9. The highest BCUT2D eigenvalue weighted by Crippen LogP contribution is 2.32. The van der Waals surface area contributed by atoms with Crippen molar-refractivity contribution in [2.45, 2.75) is 44.4 Å². The van der Waals surface area contributed by atoms with Crippen LogP contribution in [0.15, 0.2) is 12.3 Å². The number of esters is 1. The van der Waals surface area contributed by atoms with Crippen LogP contribution in [0.1, 0.15) is 43.5 Å². The molecule has 1 saturated carbocycles. The average molecular weight is 309 g/mol. The molecule has 1 fully saturated rings. The smallest absolute Gasteiger partial charge is 0.341 e. The maximum atomic E-state index is 12.0. The van der Waals surface area contributed by atoms with E-state index in [-0.39, 0.29) is 5.97 Å². The third-order valence-electron chi connectivity index (χ3n) is 3.53. The molecule has 1 aromatic heterocycles. The van der Waals surface area contributed by atoms with Crippen LogP contribution in [0.2, 0.25) is 0 Å². The van der Waals surface area contributed by atoms with Crippen LogP contribution in [0, 0.1) is 0 Å². The summed E-state index contributed by atoms with van der Waals surface area (Å²) in [5.74, 6) is 1.35. The average Bonchev–Trinajstić information content (AvgIpc) is 2.89. The van der Waals surface area contributed by atoms with Crippen LogP contribution in [0.3, 0.4) is 0 Å². The fourth-order valence-corrected chi connectivity index (χ4v) is 3.75. The van der Waals surface area contributed by atoms with E-state index >= 15 is 0 Å². The maximum Gasteiger partial charge on any atom is 0.341 e. The predicted octanol–water partition coefficient (Wildman–Crippen LogP) is 2.93. The van der Waals surface area contributed by atoms with Gasteiger partial charge in [-0.3, -0.25) is 0 Å². The largest absolute Gasteiger partial charge is 0.462 e. The maximum absolute atomic E-state index is 12.0. The molecular formula is C15H23N3O2S. The Morgan fingerprint density at radius 1 is 1.52 bits per heavy atom. The van der Waals surface area contributed by atoms with Gasteiger partial charge in [-0.25, -0.2) is 9.78 Å². The molecule has 0 bridgehead atoms. The number of pyridine rings is 1. The van der Waals surface area contributed by atoms with Crippen molar-refractivity contribution in [3.8, 4) is 0 Å². The molecule has 21 heavy (non-hydrogen) atoms. The van der Waals surface area contributed by atoms with E-state index in [4.69, 9.17) is 10.5 Å². The molecule has 1 aromatic rings. The van der Waals surface area contributed by atoms with E-state index in [1.165, 1.54) is 6.42 Å². The highest BCUT2D eigenvalue weighted by Gasteiger charge is 2.26. The Labute approximate surface area is 130 Å². The Kier molecular flexibility index (Phi) is 5.73. The van der Waals surface area contributed by atoms with Gasteiger partial charge in [0.05, 0.1) is 18.5 Å². The molecule has 0 saturated heterocycles. The highest BCUT2D eigenvalue weighted by molar-refractivity contribution is 7.99. The molecule has 2 unspecified atom stereocenters. The van der Waals surface area contributed by atoms with Gasteiger partial charge in [0.2, 0.25) is 0 Å². The van der Waals surface area contributed by atoms with E-state index in [2.05, 4.69) is 17.2 Å². The Balaban J connectivity index is 2.07. The number of ether oxygens (including phenoxy) is 1. The van der Waals surface area contributed by atoms with E-state index in [0.29, 0.717) is 35.0 Å². The molecule has 116 valence electrons. The van der Waals surface area contributed by atoms with Gasteiger partial charge in [0.25, 0.3) is 0 Å². The van der Waals surface area contributed by atoms with E-state index in [9.17, 15) is 4.79 Å². The number of nitrogens with one attached hydrogen (secondary N) is 1. The van der Waals surface area contributed by atoms with Gasteiger partial charge in [-0.05, 0) is 38.0 Å². The SMILES string of the molecule is CCOC(=O)c1cc(N)cnc1NC1CCC(SCC)C1. The number of nitrogens with zero attached hydrogens (tertiary/aromatic N) is 1. The molecule has 5 nitrogen and oxygen atoms in total. The lowest BCUT2D eigenvalue weighted by molar-refractivity contribution is 0.0527. The summed E-state index contributed by atoms with van der Waals surface area (Å²) in [6.07, 6.45) is 4.98. The second-order valence-electron chi connectivity index (χ2n) is 5.12.